The van der Waals surface area contributed by atoms with Crippen LogP contribution in [0.2, 0.25) is 0 Å². The highest BCUT2D eigenvalue weighted by Crippen LogP contribution is 2.27. The normalized spacial score (nSPS) is 17.6. The molecule has 1 aliphatic rings. The van der Waals surface area contributed by atoms with Gasteiger partial charge in [0.15, 0.2) is 0 Å². The smallest absolute Gasteiger partial charge is 0.123 e. The third kappa shape index (κ3) is 3.78. The molecule has 1 heterocycles. The molecule has 96 valence electrons. The Morgan fingerprint density at radius 3 is 2.83 bits per heavy atom. The molecular weight excluding hydrogens is 222 g/mol. The number of hydrogen-bond donors (Lipinski definition) is 1. The van der Waals surface area contributed by atoms with Crippen molar-refractivity contribution < 1.29 is 4.74 Å². The number of rotatable bonds is 3. The standard InChI is InChI=1S/C16H21NO/c1-16(2,3)9-6-10-17-12-14-11-13-7-4-5-8-15(13)18-14/h4-5,7-8,14,17H,10-12H2,1-3H3. The fraction of sp³-hybridized carbons (Fsp3) is 0.500. The summed E-state index contributed by atoms with van der Waals surface area (Å²) in [7, 11) is 0. The summed E-state index contributed by atoms with van der Waals surface area (Å²) in [6, 6.07) is 8.25. The summed E-state index contributed by atoms with van der Waals surface area (Å²) < 4.78 is 5.84. The molecule has 0 saturated carbocycles. The van der Waals surface area contributed by atoms with Gasteiger partial charge in [0.2, 0.25) is 0 Å². The van der Waals surface area contributed by atoms with Gasteiger partial charge in [-0.15, -0.1) is 0 Å². The Morgan fingerprint density at radius 2 is 2.11 bits per heavy atom. The van der Waals surface area contributed by atoms with Crippen LogP contribution < -0.4 is 10.1 Å². The first-order chi connectivity index (χ1) is 8.54. The highest BCUT2D eigenvalue weighted by molar-refractivity contribution is 5.37. The zero-order valence-electron chi connectivity index (χ0n) is 11.4. The van der Waals surface area contributed by atoms with Gasteiger partial charge < -0.3 is 10.1 Å². The van der Waals surface area contributed by atoms with Crippen LogP contribution in [0.25, 0.3) is 0 Å². The minimum absolute atomic E-state index is 0.0851. The molecule has 0 aromatic heterocycles. The monoisotopic (exact) mass is 243 g/mol. The first kappa shape index (κ1) is 13.0. The Hall–Kier alpha value is -1.46. The molecule has 0 radical (unpaired) electrons. The lowest BCUT2D eigenvalue weighted by Gasteiger charge is -2.10. The average molecular weight is 243 g/mol. The summed E-state index contributed by atoms with van der Waals surface area (Å²) in [4.78, 5) is 0. The highest BCUT2D eigenvalue weighted by Gasteiger charge is 2.21. The molecule has 0 fully saturated rings. The number of hydrogen-bond acceptors (Lipinski definition) is 2. The van der Waals surface area contributed by atoms with E-state index in [4.69, 9.17) is 4.74 Å². The molecule has 2 nitrogen and oxygen atoms in total. The number of para-hydroxylation sites is 1. The Kier molecular flexibility index (Phi) is 3.93. The van der Waals surface area contributed by atoms with Crippen molar-refractivity contribution in [2.24, 2.45) is 5.41 Å². The van der Waals surface area contributed by atoms with Gasteiger partial charge in [0, 0.05) is 18.4 Å². The Bertz CT molecular complexity index is 437. The topological polar surface area (TPSA) is 21.3 Å². The van der Waals surface area contributed by atoms with Gasteiger partial charge in [0.05, 0.1) is 6.54 Å². The van der Waals surface area contributed by atoms with Crippen molar-refractivity contribution in [1.82, 2.24) is 5.32 Å². The van der Waals surface area contributed by atoms with E-state index in [1.165, 1.54) is 5.56 Å². The number of ether oxygens (including phenoxy) is 1. The SMILES string of the molecule is CC(C)(C)C#CCNCC1Cc2ccccc2O1. The summed E-state index contributed by atoms with van der Waals surface area (Å²) in [6.07, 6.45) is 1.24. The van der Waals surface area contributed by atoms with Crippen LogP contribution in [0.4, 0.5) is 0 Å². The molecule has 1 atom stereocenters. The third-order valence-corrected chi connectivity index (χ3v) is 2.76. The van der Waals surface area contributed by atoms with Crippen molar-refractivity contribution in [1.29, 1.82) is 0 Å². The van der Waals surface area contributed by atoms with E-state index in [-0.39, 0.29) is 11.5 Å². The molecule has 2 rings (SSSR count). The summed E-state index contributed by atoms with van der Waals surface area (Å²) in [5, 5.41) is 3.34. The Labute approximate surface area is 110 Å². The van der Waals surface area contributed by atoms with Gasteiger partial charge in [-0.1, -0.05) is 30.0 Å². The van der Waals surface area contributed by atoms with Crippen molar-refractivity contribution in [2.75, 3.05) is 13.1 Å². The number of fused-ring (bicyclic) bond motifs is 1. The van der Waals surface area contributed by atoms with E-state index in [1.807, 2.05) is 12.1 Å². The van der Waals surface area contributed by atoms with E-state index in [0.717, 1.165) is 25.3 Å². The molecule has 0 saturated heterocycles. The lowest BCUT2D eigenvalue weighted by Crippen LogP contribution is -2.30. The maximum absolute atomic E-state index is 5.84. The van der Waals surface area contributed by atoms with Gasteiger partial charge in [-0.05, 0) is 32.4 Å². The second-order valence-electron chi connectivity index (χ2n) is 5.73. The van der Waals surface area contributed by atoms with Gasteiger partial charge in [0.1, 0.15) is 11.9 Å². The first-order valence-corrected chi connectivity index (χ1v) is 6.50. The zero-order valence-corrected chi connectivity index (χ0v) is 11.4. The molecule has 0 amide bonds. The predicted molar refractivity (Wildman–Crippen MR) is 74.7 cm³/mol. The molecule has 18 heavy (non-hydrogen) atoms. The molecule has 0 spiro atoms. The molecule has 1 aromatic carbocycles. The number of nitrogens with one attached hydrogen (secondary N) is 1. The fourth-order valence-electron chi connectivity index (χ4n) is 1.97. The quantitative estimate of drug-likeness (QED) is 0.651. The van der Waals surface area contributed by atoms with Crippen LogP contribution in [0.1, 0.15) is 26.3 Å². The van der Waals surface area contributed by atoms with Crippen molar-refractivity contribution in [3.63, 3.8) is 0 Å². The molecule has 0 aliphatic carbocycles. The van der Waals surface area contributed by atoms with Crippen LogP contribution in [0.15, 0.2) is 24.3 Å². The lowest BCUT2D eigenvalue weighted by molar-refractivity contribution is 0.230. The van der Waals surface area contributed by atoms with Gasteiger partial charge in [-0.2, -0.15) is 0 Å². The average Bonchev–Trinajstić information content (AvgIpc) is 2.69. The summed E-state index contributed by atoms with van der Waals surface area (Å²) in [6.45, 7) is 7.95. The summed E-state index contributed by atoms with van der Waals surface area (Å²) in [5.74, 6) is 7.40. The van der Waals surface area contributed by atoms with Crippen molar-refractivity contribution in [3.05, 3.63) is 29.8 Å². The maximum atomic E-state index is 5.84. The molecule has 1 N–H and O–H groups in total. The van der Waals surface area contributed by atoms with Gasteiger partial charge in [-0.3, -0.25) is 0 Å². The minimum Gasteiger partial charge on any atom is -0.488 e. The zero-order chi connectivity index (χ0) is 13.0. The molecule has 2 heteroatoms. The van der Waals surface area contributed by atoms with E-state index >= 15 is 0 Å². The first-order valence-electron chi connectivity index (χ1n) is 6.50. The van der Waals surface area contributed by atoms with E-state index in [2.05, 4.69) is 50.1 Å². The molecule has 1 aliphatic heterocycles. The van der Waals surface area contributed by atoms with Crippen LogP contribution in [0.3, 0.4) is 0 Å². The lowest BCUT2D eigenvalue weighted by atomic mass is 9.98. The molecule has 1 aromatic rings. The fourth-order valence-corrected chi connectivity index (χ4v) is 1.97. The van der Waals surface area contributed by atoms with E-state index in [0.29, 0.717) is 0 Å². The molecular formula is C16H21NO. The second kappa shape index (κ2) is 5.46. The highest BCUT2D eigenvalue weighted by atomic mass is 16.5. The molecule has 0 bridgehead atoms. The summed E-state index contributed by atoms with van der Waals surface area (Å²) in [5.41, 5.74) is 1.40. The van der Waals surface area contributed by atoms with E-state index in [9.17, 15) is 0 Å². The van der Waals surface area contributed by atoms with Crippen LogP contribution >= 0.6 is 0 Å². The van der Waals surface area contributed by atoms with Gasteiger partial charge in [0.25, 0.3) is 0 Å². The van der Waals surface area contributed by atoms with Crippen LogP contribution in [0.5, 0.6) is 5.75 Å². The Morgan fingerprint density at radius 1 is 1.33 bits per heavy atom. The Balaban J connectivity index is 1.73. The number of benzene rings is 1. The maximum Gasteiger partial charge on any atom is 0.123 e. The third-order valence-electron chi connectivity index (χ3n) is 2.76. The molecule has 1 unspecified atom stereocenters. The van der Waals surface area contributed by atoms with E-state index < -0.39 is 0 Å². The summed E-state index contributed by atoms with van der Waals surface area (Å²) >= 11 is 0. The van der Waals surface area contributed by atoms with Crippen molar-refractivity contribution in [3.8, 4) is 17.6 Å². The van der Waals surface area contributed by atoms with Crippen molar-refractivity contribution in [2.45, 2.75) is 33.3 Å². The van der Waals surface area contributed by atoms with Crippen LogP contribution in [-0.2, 0) is 6.42 Å². The van der Waals surface area contributed by atoms with Crippen LogP contribution in [0, 0.1) is 17.3 Å². The van der Waals surface area contributed by atoms with Gasteiger partial charge in [-0.25, -0.2) is 0 Å². The second-order valence-corrected chi connectivity index (χ2v) is 5.73. The van der Waals surface area contributed by atoms with E-state index in [1.54, 1.807) is 0 Å². The minimum atomic E-state index is 0.0851. The van der Waals surface area contributed by atoms with Gasteiger partial charge >= 0.3 is 0 Å². The largest absolute Gasteiger partial charge is 0.488 e. The predicted octanol–water partition coefficient (Wildman–Crippen LogP) is 2.63. The van der Waals surface area contributed by atoms with Crippen molar-refractivity contribution >= 4 is 0 Å². The van der Waals surface area contributed by atoms with Crippen LogP contribution in [-0.4, -0.2) is 19.2 Å².